The number of hydrogen-bond acceptors (Lipinski definition) is 6. The van der Waals surface area contributed by atoms with Crippen molar-refractivity contribution in [2.24, 2.45) is 7.05 Å². The van der Waals surface area contributed by atoms with Crippen molar-refractivity contribution >= 4 is 28.3 Å². The largest absolute Gasteiger partial charge is 0.368 e. The summed E-state index contributed by atoms with van der Waals surface area (Å²) in [5.41, 5.74) is 5.32. The Morgan fingerprint density at radius 3 is 2.33 bits per heavy atom. The normalized spacial score (nSPS) is 20.1. The van der Waals surface area contributed by atoms with E-state index in [1.54, 1.807) is 6.92 Å². The second kappa shape index (κ2) is 9.09. The summed E-state index contributed by atoms with van der Waals surface area (Å²) in [5, 5.41) is 8.98. The van der Waals surface area contributed by atoms with Crippen LogP contribution in [0.3, 0.4) is 0 Å². The number of hydrogen-bond donors (Lipinski definition) is 1. The van der Waals surface area contributed by atoms with Crippen LogP contribution in [0.5, 0.6) is 0 Å². The summed E-state index contributed by atoms with van der Waals surface area (Å²) < 4.78 is 4.25. The number of Topliss-reactive ketones (excluding diaryl/α,β-unsaturated/α-hetero) is 1. The molecule has 1 aromatic carbocycles. The van der Waals surface area contributed by atoms with Gasteiger partial charge in [0.2, 0.25) is 0 Å². The number of aromatic nitrogens is 4. The lowest BCUT2D eigenvalue weighted by molar-refractivity contribution is 0.101. The van der Waals surface area contributed by atoms with E-state index in [0.29, 0.717) is 12.1 Å². The predicted molar refractivity (Wildman–Crippen MR) is 144 cm³/mol. The van der Waals surface area contributed by atoms with Crippen LogP contribution in [0.15, 0.2) is 55.0 Å². The van der Waals surface area contributed by atoms with Crippen LogP contribution in [0.25, 0.3) is 22.2 Å². The van der Waals surface area contributed by atoms with E-state index in [-0.39, 0.29) is 5.78 Å². The van der Waals surface area contributed by atoms with Gasteiger partial charge in [-0.1, -0.05) is 0 Å². The number of aryl methyl sites for hydroxylation is 1. The molecule has 0 spiro atoms. The Balaban J connectivity index is 1.25. The Morgan fingerprint density at radius 2 is 1.69 bits per heavy atom. The van der Waals surface area contributed by atoms with E-state index in [2.05, 4.69) is 61.4 Å². The van der Waals surface area contributed by atoms with Crippen LogP contribution in [-0.2, 0) is 7.05 Å². The molecule has 0 atom stereocenters. The second-order valence-electron chi connectivity index (χ2n) is 10.1. The van der Waals surface area contributed by atoms with Crippen molar-refractivity contribution < 1.29 is 4.79 Å². The Bertz CT molecular complexity index is 1390. The molecular weight excluding hydrogens is 450 g/mol. The molecule has 0 amide bonds. The third-order valence-corrected chi connectivity index (χ3v) is 7.84. The number of piperazine rings is 1. The van der Waals surface area contributed by atoms with Crippen LogP contribution in [0.4, 0.5) is 11.5 Å². The fraction of sp³-hybridized carbons (Fsp3) is 0.393. The summed E-state index contributed by atoms with van der Waals surface area (Å²) in [4.78, 5) is 21.6. The highest BCUT2D eigenvalue weighted by atomic mass is 16.1. The van der Waals surface area contributed by atoms with E-state index >= 15 is 0 Å². The Labute approximate surface area is 211 Å². The smallest absolute Gasteiger partial charge is 0.159 e. The molecular formula is C28H33N7O. The first-order chi connectivity index (χ1) is 17.5. The average molecular weight is 484 g/mol. The zero-order valence-electron chi connectivity index (χ0n) is 21.2. The summed E-state index contributed by atoms with van der Waals surface area (Å²) in [7, 11) is 4.00. The molecule has 4 heterocycles. The number of anilines is 2. The van der Waals surface area contributed by atoms with E-state index in [9.17, 15) is 4.79 Å². The molecule has 36 heavy (non-hydrogen) atoms. The highest BCUT2D eigenvalue weighted by Crippen LogP contribution is 2.39. The van der Waals surface area contributed by atoms with Gasteiger partial charge in [0.1, 0.15) is 11.5 Å². The molecule has 8 heteroatoms. The van der Waals surface area contributed by atoms with Crippen LogP contribution >= 0.6 is 0 Å². The molecule has 2 fully saturated rings. The van der Waals surface area contributed by atoms with E-state index < -0.39 is 0 Å². The zero-order valence-corrected chi connectivity index (χ0v) is 21.2. The molecule has 1 aliphatic heterocycles. The zero-order chi connectivity index (χ0) is 24.8. The van der Waals surface area contributed by atoms with Gasteiger partial charge in [-0.3, -0.25) is 9.48 Å². The minimum atomic E-state index is 0.104. The van der Waals surface area contributed by atoms with Gasteiger partial charge in [-0.25, -0.2) is 4.98 Å². The fourth-order valence-corrected chi connectivity index (χ4v) is 5.51. The monoisotopic (exact) mass is 483 g/mol. The average Bonchev–Trinajstić information content (AvgIpc) is 3.47. The van der Waals surface area contributed by atoms with Crippen molar-refractivity contribution in [1.82, 2.24) is 24.6 Å². The van der Waals surface area contributed by atoms with Crippen LogP contribution in [0.2, 0.25) is 0 Å². The molecule has 186 valence electrons. The minimum Gasteiger partial charge on any atom is -0.368 e. The number of benzene rings is 1. The van der Waals surface area contributed by atoms with E-state index in [1.165, 1.54) is 16.6 Å². The number of fused-ring (bicyclic) bond motifs is 1. The summed E-state index contributed by atoms with van der Waals surface area (Å²) in [6.07, 6.45) is 8.54. The Hall–Kier alpha value is -3.65. The maximum absolute atomic E-state index is 11.6. The first-order valence-corrected chi connectivity index (χ1v) is 12.8. The van der Waals surface area contributed by atoms with Gasteiger partial charge in [0, 0.05) is 85.5 Å². The third kappa shape index (κ3) is 4.05. The quantitative estimate of drug-likeness (QED) is 0.420. The molecule has 6 rings (SSSR count). The lowest BCUT2D eigenvalue weighted by Gasteiger charge is -2.37. The van der Waals surface area contributed by atoms with Crippen LogP contribution in [-0.4, -0.2) is 64.4 Å². The van der Waals surface area contributed by atoms with Gasteiger partial charge < -0.3 is 19.7 Å². The van der Waals surface area contributed by atoms with Crippen LogP contribution < -0.4 is 15.1 Å². The molecule has 0 bridgehead atoms. The van der Waals surface area contributed by atoms with Crippen molar-refractivity contribution in [1.29, 1.82) is 0 Å². The second-order valence-corrected chi connectivity index (χ2v) is 10.1. The van der Waals surface area contributed by atoms with Crippen molar-refractivity contribution in [3.05, 3.63) is 60.6 Å². The number of rotatable bonds is 6. The van der Waals surface area contributed by atoms with E-state index in [4.69, 9.17) is 4.98 Å². The maximum atomic E-state index is 11.6. The molecule has 2 aliphatic rings. The summed E-state index contributed by atoms with van der Waals surface area (Å²) >= 11 is 0. The number of ketones is 1. The van der Waals surface area contributed by atoms with Gasteiger partial charge >= 0.3 is 0 Å². The van der Waals surface area contributed by atoms with Crippen molar-refractivity contribution in [2.45, 2.75) is 31.8 Å². The Morgan fingerprint density at radius 1 is 0.972 bits per heavy atom. The number of nitrogens with one attached hydrogen (secondary N) is 1. The first-order valence-electron chi connectivity index (χ1n) is 12.8. The lowest BCUT2D eigenvalue weighted by atomic mass is 9.87. The number of carbonyl (C=O) groups excluding carboxylic acids is 1. The lowest BCUT2D eigenvalue weighted by Crippen LogP contribution is -2.46. The number of nitrogens with zero attached hydrogens (tertiary/aromatic N) is 6. The summed E-state index contributed by atoms with van der Waals surface area (Å²) in [6.45, 7) is 5.28. The van der Waals surface area contributed by atoms with Gasteiger partial charge in [-0.15, -0.1) is 0 Å². The van der Waals surface area contributed by atoms with Gasteiger partial charge in [0.15, 0.2) is 5.78 Å². The number of carbonyl (C=O) groups is 1. The molecule has 1 N–H and O–H groups in total. The van der Waals surface area contributed by atoms with Crippen LogP contribution in [0.1, 0.15) is 36.2 Å². The minimum absolute atomic E-state index is 0.104. The molecule has 0 radical (unpaired) electrons. The molecule has 1 aliphatic carbocycles. The Kier molecular flexibility index (Phi) is 5.76. The molecule has 1 saturated heterocycles. The van der Waals surface area contributed by atoms with Crippen molar-refractivity contribution in [2.75, 3.05) is 43.0 Å². The van der Waals surface area contributed by atoms with Crippen molar-refractivity contribution in [3.8, 4) is 11.1 Å². The topological polar surface area (TPSA) is 71.2 Å². The first kappa shape index (κ1) is 22.8. The number of pyridine rings is 1. The SMILES string of the molecule is CN[C@H]1C[C@H](n2cc(-c3cnn(C)c3)c3ccc(N4CCN(c5ccc(C(C)=O)cc5)CC4)nc32)C1. The van der Waals surface area contributed by atoms with Crippen molar-refractivity contribution in [3.63, 3.8) is 0 Å². The third-order valence-electron chi connectivity index (χ3n) is 7.84. The molecule has 8 nitrogen and oxygen atoms in total. The van der Waals surface area contributed by atoms with Gasteiger partial charge in [-0.05, 0) is 63.2 Å². The molecule has 3 aromatic heterocycles. The summed E-state index contributed by atoms with van der Waals surface area (Å²) in [6, 6.07) is 13.4. The fourth-order valence-electron chi connectivity index (χ4n) is 5.51. The standard InChI is InChI=1S/C28H33N7O/c1-19(36)20-4-6-23(7-5-20)33-10-12-34(13-11-33)27-9-8-25-26(21-16-30-32(3)17-21)18-35(28(25)31-27)24-14-22(15-24)29-2/h4-9,16-18,22,24,29H,10-15H2,1-3H3/t22-,24-. The highest BCUT2D eigenvalue weighted by molar-refractivity contribution is 5.95. The van der Waals surface area contributed by atoms with E-state index in [0.717, 1.165) is 61.6 Å². The predicted octanol–water partition coefficient (Wildman–Crippen LogP) is 3.89. The highest BCUT2D eigenvalue weighted by Gasteiger charge is 2.31. The maximum Gasteiger partial charge on any atom is 0.159 e. The molecule has 1 saturated carbocycles. The molecule has 0 unspecified atom stereocenters. The van der Waals surface area contributed by atoms with Crippen LogP contribution in [0, 0.1) is 0 Å². The summed E-state index contributed by atoms with van der Waals surface area (Å²) in [5.74, 6) is 1.14. The van der Waals surface area contributed by atoms with Gasteiger partial charge in [0.05, 0.1) is 6.20 Å². The van der Waals surface area contributed by atoms with Gasteiger partial charge in [-0.2, -0.15) is 5.10 Å². The van der Waals surface area contributed by atoms with E-state index in [1.807, 2.05) is 37.1 Å². The molecule has 4 aromatic rings. The van der Waals surface area contributed by atoms with Gasteiger partial charge in [0.25, 0.3) is 0 Å².